The van der Waals surface area contributed by atoms with Crippen molar-refractivity contribution in [3.05, 3.63) is 77.4 Å². The minimum Gasteiger partial charge on any atom is -0.332 e. The molecule has 4 aromatic rings. The molecular weight excluding hydrogens is 362 g/mol. The molecule has 3 aromatic heterocycles. The molecule has 0 spiro atoms. The summed E-state index contributed by atoms with van der Waals surface area (Å²) in [4.78, 5) is 23.6. The maximum absolute atomic E-state index is 13.1. The molecule has 0 bridgehead atoms. The molecule has 1 amide bonds. The third kappa shape index (κ3) is 3.06. The summed E-state index contributed by atoms with van der Waals surface area (Å²) in [6.07, 6.45) is 4.39. The second-order valence-corrected chi connectivity index (χ2v) is 7.47. The Morgan fingerprint density at radius 2 is 1.97 bits per heavy atom. The summed E-state index contributed by atoms with van der Waals surface area (Å²) in [5.74, 6) is 0.0355. The van der Waals surface area contributed by atoms with E-state index in [2.05, 4.69) is 16.0 Å². The van der Waals surface area contributed by atoms with Crippen molar-refractivity contribution in [3.63, 3.8) is 0 Å². The Morgan fingerprint density at radius 3 is 2.83 bits per heavy atom. The first-order chi connectivity index (χ1) is 14.1. The first-order valence-electron chi connectivity index (χ1n) is 9.72. The molecule has 4 heterocycles. The summed E-state index contributed by atoms with van der Waals surface area (Å²) in [6, 6.07) is 13.7. The van der Waals surface area contributed by atoms with Gasteiger partial charge in [0.15, 0.2) is 0 Å². The molecule has 0 saturated heterocycles. The Hall–Kier alpha value is -3.54. The van der Waals surface area contributed by atoms with Gasteiger partial charge in [0.05, 0.1) is 23.4 Å². The van der Waals surface area contributed by atoms with Crippen molar-refractivity contribution in [1.82, 2.24) is 24.6 Å². The van der Waals surface area contributed by atoms with Crippen LogP contribution in [-0.2, 0) is 20.0 Å². The highest BCUT2D eigenvalue weighted by atomic mass is 16.2. The molecule has 5 rings (SSSR count). The van der Waals surface area contributed by atoms with Crippen molar-refractivity contribution in [2.45, 2.75) is 19.9 Å². The molecule has 0 radical (unpaired) electrons. The van der Waals surface area contributed by atoms with E-state index in [0.717, 1.165) is 40.0 Å². The number of aromatic nitrogens is 4. The average Bonchev–Trinajstić information content (AvgIpc) is 3.07. The number of hydrogen-bond acceptors (Lipinski definition) is 4. The fourth-order valence-electron chi connectivity index (χ4n) is 4.14. The van der Waals surface area contributed by atoms with Gasteiger partial charge >= 0.3 is 0 Å². The van der Waals surface area contributed by atoms with Crippen molar-refractivity contribution >= 4 is 16.8 Å². The fourth-order valence-corrected chi connectivity index (χ4v) is 4.14. The van der Waals surface area contributed by atoms with Crippen LogP contribution in [0.25, 0.3) is 22.2 Å². The summed E-state index contributed by atoms with van der Waals surface area (Å²) in [5, 5.41) is 5.70. The lowest BCUT2D eigenvalue weighted by molar-refractivity contribution is 0.0732. The van der Waals surface area contributed by atoms with Gasteiger partial charge in [0.25, 0.3) is 5.91 Å². The molecule has 0 N–H and O–H groups in total. The zero-order chi connectivity index (χ0) is 20.0. The number of pyridine rings is 2. The Bertz CT molecular complexity index is 1240. The molecule has 0 atom stereocenters. The molecule has 29 heavy (non-hydrogen) atoms. The van der Waals surface area contributed by atoms with Crippen LogP contribution in [0, 0.1) is 6.92 Å². The molecule has 6 heteroatoms. The summed E-state index contributed by atoms with van der Waals surface area (Å²) < 4.78 is 1.93. The first kappa shape index (κ1) is 17.6. The zero-order valence-electron chi connectivity index (χ0n) is 16.5. The molecule has 0 saturated carbocycles. The van der Waals surface area contributed by atoms with E-state index in [1.807, 2.05) is 66.1 Å². The summed E-state index contributed by atoms with van der Waals surface area (Å²) in [7, 11) is 1.96. The summed E-state index contributed by atoms with van der Waals surface area (Å²) in [5.41, 5.74) is 7.01. The van der Waals surface area contributed by atoms with Crippen LogP contribution in [0.15, 0.2) is 54.9 Å². The number of rotatable bonds is 2. The van der Waals surface area contributed by atoms with Crippen molar-refractivity contribution in [2.24, 2.45) is 7.05 Å². The van der Waals surface area contributed by atoms with Crippen LogP contribution in [0.3, 0.4) is 0 Å². The topological polar surface area (TPSA) is 63.9 Å². The van der Waals surface area contributed by atoms with E-state index in [1.165, 1.54) is 5.56 Å². The number of carbonyl (C=O) groups is 1. The third-order valence-corrected chi connectivity index (χ3v) is 5.51. The van der Waals surface area contributed by atoms with E-state index in [-0.39, 0.29) is 5.91 Å². The lowest BCUT2D eigenvalue weighted by Crippen LogP contribution is -2.36. The minimum absolute atomic E-state index is 0.0355. The maximum atomic E-state index is 13.1. The van der Waals surface area contributed by atoms with Gasteiger partial charge in [0.1, 0.15) is 0 Å². The van der Waals surface area contributed by atoms with Gasteiger partial charge in [0, 0.05) is 53.8 Å². The lowest BCUT2D eigenvalue weighted by atomic mass is 9.99. The van der Waals surface area contributed by atoms with Crippen LogP contribution < -0.4 is 0 Å². The van der Waals surface area contributed by atoms with Crippen LogP contribution in [0.2, 0.25) is 0 Å². The van der Waals surface area contributed by atoms with Crippen LogP contribution in [0.1, 0.15) is 27.3 Å². The Labute approximate surface area is 168 Å². The fraction of sp³-hybridized carbons (Fsp3) is 0.217. The van der Waals surface area contributed by atoms with E-state index >= 15 is 0 Å². The normalized spacial score (nSPS) is 13.5. The van der Waals surface area contributed by atoms with Gasteiger partial charge in [-0.2, -0.15) is 5.10 Å². The number of aryl methyl sites for hydroxylation is 2. The Kier molecular flexibility index (Phi) is 4.12. The predicted octanol–water partition coefficient (Wildman–Crippen LogP) is 3.54. The molecule has 1 aliphatic rings. The molecule has 1 aliphatic heterocycles. The number of carbonyl (C=O) groups excluding carboxylic acids is 1. The second-order valence-electron chi connectivity index (χ2n) is 7.47. The first-order valence-corrected chi connectivity index (χ1v) is 9.72. The van der Waals surface area contributed by atoms with E-state index in [4.69, 9.17) is 5.10 Å². The van der Waals surface area contributed by atoms with Gasteiger partial charge in [-0.25, -0.2) is 0 Å². The Morgan fingerprint density at radius 1 is 1.07 bits per heavy atom. The second kappa shape index (κ2) is 6.81. The van der Waals surface area contributed by atoms with Gasteiger partial charge in [0.2, 0.25) is 0 Å². The van der Waals surface area contributed by atoms with Crippen molar-refractivity contribution in [2.75, 3.05) is 6.54 Å². The van der Waals surface area contributed by atoms with Crippen molar-refractivity contribution in [1.29, 1.82) is 0 Å². The van der Waals surface area contributed by atoms with E-state index < -0.39 is 0 Å². The SMILES string of the molecule is Cc1cc(-c2c3c(nn2C)CN(C(=O)c2ccc4ncccc4c2)CC3)ccn1. The van der Waals surface area contributed by atoms with Gasteiger partial charge in [-0.1, -0.05) is 6.07 Å². The molecule has 0 aliphatic carbocycles. The number of amides is 1. The van der Waals surface area contributed by atoms with Crippen LogP contribution >= 0.6 is 0 Å². The van der Waals surface area contributed by atoms with Crippen molar-refractivity contribution < 1.29 is 4.79 Å². The largest absolute Gasteiger partial charge is 0.332 e. The molecule has 144 valence electrons. The van der Waals surface area contributed by atoms with E-state index in [9.17, 15) is 4.79 Å². The van der Waals surface area contributed by atoms with Crippen molar-refractivity contribution in [3.8, 4) is 11.3 Å². The number of hydrogen-bond donors (Lipinski definition) is 0. The molecule has 1 aromatic carbocycles. The molecular formula is C23H21N5O. The van der Waals surface area contributed by atoms with Crippen LogP contribution in [0.5, 0.6) is 0 Å². The number of fused-ring (bicyclic) bond motifs is 2. The summed E-state index contributed by atoms with van der Waals surface area (Å²) >= 11 is 0. The predicted molar refractivity (Wildman–Crippen MR) is 111 cm³/mol. The quantitative estimate of drug-likeness (QED) is 0.531. The number of benzene rings is 1. The van der Waals surface area contributed by atoms with E-state index in [0.29, 0.717) is 18.7 Å². The van der Waals surface area contributed by atoms with Crippen LogP contribution in [0.4, 0.5) is 0 Å². The van der Waals surface area contributed by atoms with Gasteiger partial charge in [-0.05, 0) is 49.7 Å². The lowest BCUT2D eigenvalue weighted by Gasteiger charge is -2.27. The van der Waals surface area contributed by atoms with Crippen LogP contribution in [-0.4, -0.2) is 37.1 Å². The zero-order valence-corrected chi connectivity index (χ0v) is 16.5. The van der Waals surface area contributed by atoms with Gasteiger partial charge in [-0.15, -0.1) is 0 Å². The molecule has 0 fully saturated rings. The summed E-state index contributed by atoms with van der Waals surface area (Å²) in [6.45, 7) is 3.20. The smallest absolute Gasteiger partial charge is 0.254 e. The van der Waals surface area contributed by atoms with E-state index in [1.54, 1.807) is 6.20 Å². The van der Waals surface area contributed by atoms with Gasteiger partial charge in [-0.3, -0.25) is 19.4 Å². The molecule has 6 nitrogen and oxygen atoms in total. The maximum Gasteiger partial charge on any atom is 0.254 e. The highest BCUT2D eigenvalue weighted by Gasteiger charge is 2.27. The standard InChI is InChI=1S/C23H21N5O/c1-15-12-17(7-10-24-15)22-19-8-11-28(14-21(19)26-27(22)2)23(29)18-5-6-20-16(13-18)4-3-9-25-20/h3-7,9-10,12-13H,8,11,14H2,1-2H3. The Balaban J connectivity index is 1.45. The third-order valence-electron chi connectivity index (χ3n) is 5.51. The highest BCUT2D eigenvalue weighted by Crippen LogP contribution is 2.30. The average molecular weight is 383 g/mol. The highest BCUT2D eigenvalue weighted by molar-refractivity contribution is 5.98. The number of nitrogens with zero attached hydrogens (tertiary/aromatic N) is 5. The monoisotopic (exact) mass is 383 g/mol. The molecule has 0 unspecified atom stereocenters. The minimum atomic E-state index is 0.0355. The van der Waals surface area contributed by atoms with Gasteiger partial charge < -0.3 is 4.90 Å².